The standard InChI is InChI=1S/C10H6N4Se2/c1-3-7(15-5-1)9-11-13-10(14-12-9)8-4-2-6-16-8/h1-6H. The molecule has 0 aliphatic rings. The molecule has 0 saturated carbocycles. The van der Waals surface area contributed by atoms with E-state index in [2.05, 4.69) is 30.3 Å². The van der Waals surface area contributed by atoms with Crippen molar-refractivity contribution in [3.63, 3.8) is 0 Å². The van der Waals surface area contributed by atoms with Crippen LogP contribution in [-0.4, -0.2) is 49.4 Å². The Morgan fingerprint density at radius 3 is 1.44 bits per heavy atom. The van der Waals surface area contributed by atoms with Gasteiger partial charge in [-0.1, -0.05) is 0 Å². The van der Waals surface area contributed by atoms with Crippen LogP contribution in [0.4, 0.5) is 0 Å². The van der Waals surface area contributed by atoms with Crippen LogP contribution in [-0.2, 0) is 0 Å². The zero-order valence-corrected chi connectivity index (χ0v) is 11.5. The summed E-state index contributed by atoms with van der Waals surface area (Å²) in [6.45, 7) is 0. The fourth-order valence-electron chi connectivity index (χ4n) is 1.24. The summed E-state index contributed by atoms with van der Waals surface area (Å²) in [4.78, 5) is 4.26. The van der Waals surface area contributed by atoms with Crippen molar-refractivity contribution in [2.75, 3.05) is 0 Å². The van der Waals surface area contributed by atoms with Crippen LogP contribution in [0.15, 0.2) is 34.1 Å². The van der Waals surface area contributed by atoms with E-state index in [1.54, 1.807) is 0 Å². The van der Waals surface area contributed by atoms with Gasteiger partial charge in [0.1, 0.15) is 0 Å². The Labute approximate surface area is 104 Å². The van der Waals surface area contributed by atoms with Gasteiger partial charge in [-0.05, 0) is 0 Å². The van der Waals surface area contributed by atoms with Gasteiger partial charge in [-0.3, -0.25) is 0 Å². The van der Waals surface area contributed by atoms with Crippen LogP contribution in [0, 0.1) is 0 Å². The third-order valence-electron chi connectivity index (χ3n) is 1.96. The van der Waals surface area contributed by atoms with Crippen LogP contribution in [0.1, 0.15) is 0 Å². The normalized spacial score (nSPS) is 10.5. The van der Waals surface area contributed by atoms with Gasteiger partial charge >= 0.3 is 104 Å². The van der Waals surface area contributed by atoms with Crippen molar-refractivity contribution in [3.8, 4) is 20.5 Å². The molecule has 0 aliphatic heterocycles. The van der Waals surface area contributed by atoms with Crippen molar-refractivity contribution in [1.82, 2.24) is 20.4 Å². The summed E-state index contributed by atoms with van der Waals surface area (Å²) in [5, 5.41) is 16.5. The van der Waals surface area contributed by atoms with Crippen molar-refractivity contribution in [3.05, 3.63) is 34.1 Å². The fraction of sp³-hybridized carbons (Fsp3) is 0. The molecule has 0 fully saturated rings. The first-order valence-corrected chi connectivity index (χ1v) is 8.28. The minimum atomic E-state index is 0.336. The fourth-order valence-corrected chi connectivity index (χ4v) is 3.96. The summed E-state index contributed by atoms with van der Waals surface area (Å²) in [6.07, 6.45) is 0. The molecule has 0 radical (unpaired) electrons. The number of nitrogens with zero attached hydrogens (tertiary/aromatic N) is 4. The van der Waals surface area contributed by atoms with Crippen LogP contribution in [0.2, 0.25) is 0 Å². The molecule has 6 heteroatoms. The van der Waals surface area contributed by atoms with Crippen LogP contribution in [0.25, 0.3) is 20.5 Å². The predicted molar refractivity (Wildman–Crippen MR) is 62.4 cm³/mol. The van der Waals surface area contributed by atoms with Crippen LogP contribution < -0.4 is 0 Å². The van der Waals surface area contributed by atoms with Gasteiger partial charge in [-0.2, -0.15) is 0 Å². The minimum absolute atomic E-state index is 0.336. The van der Waals surface area contributed by atoms with E-state index in [1.807, 2.05) is 24.3 Å². The monoisotopic (exact) mass is 342 g/mol. The first-order valence-electron chi connectivity index (χ1n) is 4.58. The molecule has 0 unspecified atom stereocenters. The van der Waals surface area contributed by atoms with Gasteiger partial charge < -0.3 is 0 Å². The van der Waals surface area contributed by atoms with Crippen molar-refractivity contribution in [1.29, 1.82) is 0 Å². The molecule has 0 atom stereocenters. The number of hydrogen-bond donors (Lipinski definition) is 0. The molecular weight excluding hydrogens is 334 g/mol. The Morgan fingerprint density at radius 2 is 1.12 bits per heavy atom. The van der Waals surface area contributed by atoms with Crippen molar-refractivity contribution >= 4 is 29.0 Å². The Bertz CT molecular complexity index is 504. The molecule has 3 heterocycles. The van der Waals surface area contributed by atoms with Gasteiger partial charge in [0.05, 0.1) is 0 Å². The number of aromatic nitrogens is 4. The summed E-state index contributed by atoms with van der Waals surface area (Å²) in [5.41, 5.74) is 0. The molecule has 0 aliphatic carbocycles. The Kier molecular flexibility index (Phi) is 2.80. The van der Waals surface area contributed by atoms with Crippen LogP contribution in [0.3, 0.4) is 0 Å². The van der Waals surface area contributed by atoms with Crippen molar-refractivity contribution < 1.29 is 0 Å². The summed E-state index contributed by atoms with van der Waals surface area (Å²) in [6, 6.07) is 8.11. The quantitative estimate of drug-likeness (QED) is 0.645. The molecule has 4 nitrogen and oxygen atoms in total. The van der Waals surface area contributed by atoms with Gasteiger partial charge in [0.2, 0.25) is 0 Å². The molecule has 0 spiro atoms. The molecule has 78 valence electrons. The summed E-state index contributed by atoms with van der Waals surface area (Å²) in [7, 11) is 0. The average Bonchev–Trinajstić information content (AvgIpc) is 3.03. The molecule has 3 rings (SSSR count). The Morgan fingerprint density at radius 1 is 0.688 bits per heavy atom. The van der Waals surface area contributed by atoms with Gasteiger partial charge in [0.15, 0.2) is 0 Å². The van der Waals surface area contributed by atoms with E-state index in [9.17, 15) is 0 Å². The van der Waals surface area contributed by atoms with E-state index in [1.165, 1.54) is 0 Å². The molecule has 3 aromatic rings. The molecule has 16 heavy (non-hydrogen) atoms. The van der Waals surface area contributed by atoms with E-state index < -0.39 is 0 Å². The molecule has 0 bridgehead atoms. The van der Waals surface area contributed by atoms with Crippen LogP contribution in [0.5, 0.6) is 0 Å². The topological polar surface area (TPSA) is 51.6 Å². The summed E-state index contributed by atoms with van der Waals surface area (Å²) in [5.74, 6) is 1.32. The SMILES string of the molecule is c1c[se]c(-c2nnc(-c3ccc[se]3)nn2)c1. The first-order chi connectivity index (χ1) is 7.93. The van der Waals surface area contributed by atoms with E-state index in [0.29, 0.717) is 40.7 Å². The predicted octanol–water partition coefficient (Wildman–Crippen LogP) is 0.715. The van der Waals surface area contributed by atoms with Crippen molar-refractivity contribution in [2.45, 2.75) is 0 Å². The third kappa shape index (κ3) is 1.93. The zero-order chi connectivity index (χ0) is 10.8. The molecule has 0 saturated heterocycles. The van der Waals surface area contributed by atoms with Gasteiger partial charge in [0, 0.05) is 0 Å². The second-order valence-corrected chi connectivity index (χ2v) is 6.98. The number of rotatable bonds is 2. The van der Waals surface area contributed by atoms with Gasteiger partial charge in [-0.25, -0.2) is 0 Å². The summed E-state index contributed by atoms with van der Waals surface area (Å²) >= 11 is 0.673. The van der Waals surface area contributed by atoms with E-state index in [0.717, 1.165) is 8.87 Å². The maximum absolute atomic E-state index is 4.13. The molecule has 3 aromatic heterocycles. The molecule has 0 N–H and O–H groups in total. The maximum atomic E-state index is 4.13. The average molecular weight is 340 g/mol. The third-order valence-corrected chi connectivity index (χ3v) is 5.60. The van der Waals surface area contributed by atoms with Crippen molar-refractivity contribution in [2.24, 2.45) is 0 Å². The van der Waals surface area contributed by atoms with E-state index >= 15 is 0 Å². The van der Waals surface area contributed by atoms with Crippen LogP contribution >= 0.6 is 0 Å². The second kappa shape index (κ2) is 4.43. The molecule has 0 aromatic carbocycles. The molecule has 0 amide bonds. The van der Waals surface area contributed by atoms with Gasteiger partial charge in [-0.15, -0.1) is 0 Å². The van der Waals surface area contributed by atoms with E-state index in [-0.39, 0.29) is 0 Å². The van der Waals surface area contributed by atoms with E-state index in [4.69, 9.17) is 0 Å². The Balaban J connectivity index is 1.97. The second-order valence-electron chi connectivity index (χ2n) is 3.00. The first kappa shape index (κ1) is 10.1. The zero-order valence-electron chi connectivity index (χ0n) is 8.07. The molecular formula is C10H6N4Se2. The van der Waals surface area contributed by atoms with Gasteiger partial charge in [0.25, 0.3) is 0 Å². The Hall–Kier alpha value is -1.06. The summed E-state index contributed by atoms with van der Waals surface area (Å²) < 4.78 is 2.28. The number of hydrogen-bond acceptors (Lipinski definition) is 4.